The maximum atomic E-state index is 13.6. The van der Waals surface area contributed by atoms with E-state index in [0.717, 1.165) is 28.2 Å². The number of piperazine rings is 1. The van der Waals surface area contributed by atoms with Crippen LogP contribution < -0.4 is 4.90 Å². The van der Waals surface area contributed by atoms with Crippen LogP contribution in [-0.4, -0.2) is 64.5 Å². The van der Waals surface area contributed by atoms with E-state index in [-0.39, 0.29) is 24.4 Å². The molecule has 0 bridgehead atoms. The van der Waals surface area contributed by atoms with Crippen LogP contribution in [0, 0.1) is 13.8 Å². The van der Waals surface area contributed by atoms with Gasteiger partial charge in [-0.15, -0.1) is 10.2 Å². The molecular weight excluding hydrogens is 498 g/mol. The van der Waals surface area contributed by atoms with Crippen molar-refractivity contribution >= 4 is 17.6 Å². The Labute approximate surface area is 236 Å². The number of carbonyl (C=O) groups excluding carboxylic acids is 2. The van der Waals surface area contributed by atoms with Crippen LogP contribution in [0.3, 0.4) is 0 Å². The molecule has 3 aromatic carbocycles. The second-order valence-electron chi connectivity index (χ2n) is 10.4. The van der Waals surface area contributed by atoms with Gasteiger partial charge in [0.2, 0.25) is 5.91 Å². The van der Waals surface area contributed by atoms with Crippen LogP contribution in [-0.2, 0) is 4.79 Å². The lowest BCUT2D eigenvalue weighted by molar-refractivity contribution is -0.132. The van der Waals surface area contributed by atoms with E-state index in [1.54, 1.807) is 4.90 Å². The summed E-state index contributed by atoms with van der Waals surface area (Å²) in [5, 5.41) is 8.89. The molecule has 0 saturated carbocycles. The molecule has 1 fully saturated rings. The third-order valence-corrected chi connectivity index (χ3v) is 7.57. The SMILES string of the molecule is Cc1ccc(C(=O)N(CC(=O)N2CCN(c3ccc(-c4ccc(C)cc4)nn3)CC2)[C@H](C)c2ccccc2)cc1. The molecule has 0 aliphatic carbocycles. The van der Waals surface area contributed by atoms with Gasteiger partial charge in [-0.05, 0) is 50.6 Å². The predicted octanol–water partition coefficient (Wildman–Crippen LogP) is 5.31. The lowest BCUT2D eigenvalue weighted by Gasteiger charge is -2.37. The van der Waals surface area contributed by atoms with Crippen LogP contribution in [0.4, 0.5) is 5.82 Å². The maximum absolute atomic E-state index is 13.6. The molecule has 7 nitrogen and oxygen atoms in total. The van der Waals surface area contributed by atoms with Crippen molar-refractivity contribution in [3.05, 3.63) is 113 Å². The summed E-state index contributed by atoms with van der Waals surface area (Å²) in [6.07, 6.45) is 0. The Morgan fingerprint density at radius 3 is 2.00 bits per heavy atom. The average Bonchev–Trinajstić information content (AvgIpc) is 3.00. The summed E-state index contributed by atoms with van der Waals surface area (Å²) in [6, 6.07) is 29.3. The molecule has 5 rings (SSSR count). The van der Waals surface area contributed by atoms with E-state index < -0.39 is 0 Å². The van der Waals surface area contributed by atoms with Crippen molar-refractivity contribution in [3.8, 4) is 11.3 Å². The zero-order valence-electron chi connectivity index (χ0n) is 23.3. The highest BCUT2D eigenvalue weighted by molar-refractivity contribution is 5.97. The summed E-state index contributed by atoms with van der Waals surface area (Å²) in [4.78, 5) is 32.8. The first-order valence-electron chi connectivity index (χ1n) is 13.7. The van der Waals surface area contributed by atoms with Crippen LogP contribution in [0.1, 0.15) is 40.0 Å². The summed E-state index contributed by atoms with van der Waals surface area (Å²) >= 11 is 0. The van der Waals surface area contributed by atoms with Crippen molar-refractivity contribution in [1.82, 2.24) is 20.0 Å². The normalized spacial score (nSPS) is 14.1. The van der Waals surface area contributed by atoms with Gasteiger partial charge in [0.05, 0.1) is 11.7 Å². The molecule has 2 heterocycles. The molecule has 0 spiro atoms. The number of benzene rings is 3. The Morgan fingerprint density at radius 2 is 1.40 bits per heavy atom. The van der Waals surface area contributed by atoms with Crippen LogP contribution >= 0.6 is 0 Å². The molecule has 40 heavy (non-hydrogen) atoms. The molecule has 204 valence electrons. The minimum Gasteiger partial charge on any atom is -0.352 e. The fourth-order valence-corrected chi connectivity index (χ4v) is 4.96. The second kappa shape index (κ2) is 12.1. The van der Waals surface area contributed by atoms with Gasteiger partial charge in [-0.1, -0.05) is 77.9 Å². The van der Waals surface area contributed by atoms with E-state index in [0.29, 0.717) is 31.7 Å². The predicted molar refractivity (Wildman–Crippen MR) is 158 cm³/mol. The minimum absolute atomic E-state index is 0.0216. The fraction of sp³-hybridized carbons (Fsp3) is 0.273. The Hall–Kier alpha value is -4.52. The van der Waals surface area contributed by atoms with Crippen LogP contribution in [0.15, 0.2) is 91.0 Å². The van der Waals surface area contributed by atoms with Crippen molar-refractivity contribution in [2.45, 2.75) is 26.8 Å². The largest absolute Gasteiger partial charge is 0.352 e. The Morgan fingerprint density at radius 1 is 0.775 bits per heavy atom. The van der Waals surface area contributed by atoms with E-state index in [4.69, 9.17) is 0 Å². The highest BCUT2D eigenvalue weighted by Gasteiger charge is 2.29. The van der Waals surface area contributed by atoms with Gasteiger partial charge >= 0.3 is 0 Å². The third kappa shape index (κ3) is 6.20. The first kappa shape index (κ1) is 27.1. The highest BCUT2D eigenvalue weighted by Crippen LogP contribution is 2.24. The number of anilines is 1. The van der Waals surface area contributed by atoms with Gasteiger partial charge in [-0.25, -0.2) is 0 Å². The Kier molecular flexibility index (Phi) is 8.20. The lowest BCUT2D eigenvalue weighted by atomic mass is 10.0. The topological polar surface area (TPSA) is 69.6 Å². The molecule has 0 radical (unpaired) electrons. The number of hydrogen-bond donors (Lipinski definition) is 0. The number of aryl methyl sites for hydroxylation is 2. The second-order valence-corrected chi connectivity index (χ2v) is 10.4. The van der Waals surface area contributed by atoms with Crippen LogP contribution in [0.5, 0.6) is 0 Å². The summed E-state index contributed by atoms with van der Waals surface area (Å²) in [7, 11) is 0. The van der Waals surface area contributed by atoms with Crippen molar-refractivity contribution in [2.24, 2.45) is 0 Å². The number of rotatable bonds is 7. The van der Waals surface area contributed by atoms with E-state index in [1.807, 2.05) is 85.5 Å². The number of aromatic nitrogens is 2. The van der Waals surface area contributed by atoms with E-state index in [1.165, 1.54) is 5.56 Å². The fourth-order valence-electron chi connectivity index (χ4n) is 4.96. The van der Waals surface area contributed by atoms with Crippen LogP contribution in [0.2, 0.25) is 0 Å². The third-order valence-electron chi connectivity index (χ3n) is 7.57. The zero-order valence-corrected chi connectivity index (χ0v) is 23.3. The van der Waals surface area contributed by atoms with Crippen LogP contribution in [0.25, 0.3) is 11.3 Å². The zero-order chi connectivity index (χ0) is 28.1. The maximum Gasteiger partial charge on any atom is 0.254 e. The van der Waals surface area contributed by atoms with Gasteiger partial charge in [0.1, 0.15) is 6.54 Å². The minimum atomic E-state index is -0.248. The first-order chi connectivity index (χ1) is 19.4. The summed E-state index contributed by atoms with van der Waals surface area (Å²) < 4.78 is 0. The quantitative estimate of drug-likeness (QED) is 0.322. The molecular formula is C33H35N5O2. The highest BCUT2D eigenvalue weighted by atomic mass is 16.2. The molecule has 1 aliphatic heterocycles. The molecule has 4 aromatic rings. The molecule has 0 unspecified atom stereocenters. The van der Waals surface area contributed by atoms with Gasteiger partial charge in [-0.3, -0.25) is 9.59 Å². The van der Waals surface area contributed by atoms with Gasteiger partial charge in [-0.2, -0.15) is 0 Å². The molecule has 1 saturated heterocycles. The van der Waals surface area contributed by atoms with Gasteiger partial charge in [0.25, 0.3) is 5.91 Å². The summed E-state index contributed by atoms with van der Waals surface area (Å²) in [5.41, 5.74) is 5.74. The van der Waals surface area contributed by atoms with Crippen molar-refractivity contribution in [1.29, 1.82) is 0 Å². The van der Waals surface area contributed by atoms with Gasteiger partial charge in [0, 0.05) is 37.3 Å². The summed E-state index contributed by atoms with van der Waals surface area (Å²) in [6.45, 7) is 8.49. The monoisotopic (exact) mass is 533 g/mol. The Bertz CT molecular complexity index is 1430. The standard InChI is InChI=1S/C33H35N5O2/c1-24-9-13-28(14-10-24)30-17-18-31(35-34-30)36-19-21-37(22-20-36)32(39)23-38(26(3)27-7-5-4-6-8-27)33(40)29-15-11-25(2)12-16-29/h4-18,26H,19-23H2,1-3H3/t26-/m1/s1. The van der Waals surface area contributed by atoms with Crippen molar-refractivity contribution < 1.29 is 9.59 Å². The van der Waals surface area contributed by atoms with E-state index in [9.17, 15) is 9.59 Å². The van der Waals surface area contributed by atoms with Gasteiger partial charge < -0.3 is 14.7 Å². The van der Waals surface area contributed by atoms with Crippen molar-refractivity contribution in [3.63, 3.8) is 0 Å². The van der Waals surface area contributed by atoms with Gasteiger partial charge in [0.15, 0.2) is 5.82 Å². The summed E-state index contributed by atoms with van der Waals surface area (Å²) in [5.74, 6) is 0.604. The van der Waals surface area contributed by atoms with Crippen molar-refractivity contribution in [2.75, 3.05) is 37.6 Å². The molecule has 1 aromatic heterocycles. The Balaban J connectivity index is 1.24. The molecule has 0 N–H and O–H groups in total. The first-order valence-corrected chi connectivity index (χ1v) is 13.7. The van der Waals surface area contributed by atoms with E-state index >= 15 is 0 Å². The number of nitrogens with zero attached hydrogens (tertiary/aromatic N) is 5. The number of carbonyl (C=O) groups is 2. The molecule has 7 heteroatoms. The lowest BCUT2D eigenvalue weighted by Crippen LogP contribution is -2.52. The molecule has 1 atom stereocenters. The smallest absolute Gasteiger partial charge is 0.254 e. The molecule has 2 amide bonds. The molecule has 1 aliphatic rings. The number of hydrogen-bond acceptors (Lipinski definition) is 5. The number of amides is 2. The average molecular weight is 534 g/mol. The van der Waals surface area contributed by atoms with E-state index in [2.05, 4.69) is 46.3 Å².